The molecule has 0 aliphatic rings. The lowest BCUT2D eigenvalue weighted by Gasteiger charge is -2.14. The molecule has 0 unspecified atom stereocenters. The summed E-state index contributed by atoms with van der Waals surface area (Å²) < 4.78 is 6.81. The minimum absolute atomic E-state index is 0.000375. The van der Waals surface area contributed by atoms with Crippen molar-refractivity contribution < 1.29 is 9.84 Å². The van der Waals surface area contributed by atoms with Gasteiger partial charge in [0, 0.05) is 12.8 Å². The molecule has 1 aromatic heterocycles. The molecule has 0 aliphatic carbocycles. The molecule has 152 valence electrons. The van der Waals surface area contributed by atoms with Gasteiger partial charge < -0.3 is 9.84 Å². The summed E-state index contributed by atoms with van der Waals surface area (Å²) in [7, 11) is 0. The van der Waals surface area contributed by atoms with Crippen molar-refractivity contribution in [3.63, 3.8) is 0 Å². The molecule has 3 rings (SSSR count). The fraction of sp³-hybridized carbons (Fsp3) is 0.208. The molecule has 0 radical (unpaired) electrons. The highest BCUT2D eigenvalue weighted by Crippen LogP contribution is 2.28. The lowest BCUT2D eigenvalue weighted by molar-refractivity contribution is 0.341. The van der Waals surface area contributed by atoms with E-state index in [1.54, 1.807) is 13.0 Å². The van der Waals surface area contributed by atoms with Crippen LogP contribution in [0.15, 0.2) is 64.4 Å². The van der Waals surface area contributed by atoms with Crippen molar-refractivity contribution in [2.75, 3.05) is 6.61 Å². The summed E-state index contributed by atoms with van der Waals surface area (Å²) in [5, 5.41) is 20.3. The largest absolute Gasteiger partial charge is 0.494 e. The molecule has 1 N–H and O–H groups in total. The van der Waals surface area contributed by atoms with Crippen LogP contribution < -0.4 is 10.3 Å². The molecule has 3 aromatic rings. The normalized spacial score (nSPS) is 10.8. The number of aromatic nitrogens is 1. The molecule has 6 nitrogen and oxygen atoms in total. The number of aliphatic imine (C=N–C) groups is 1. The number of benzene rings is 2. The van der Waals surface area contributed by atoms with Crippen molar-refractivity contribution in [1.29, 1.82) is 5.26 Å². The SMILES string of the molecule is CCOc1ccccc1N=Cc1c(C)c(C#N)c(=O)n(CCc2ccccc2)c1O. The molecule has 0 atom stereocenters. The molecule has 1 heterocycles. The number of aromatic hydroxyl groups is 1. The average Bonchev–Trinajstić information content (AvgIpc) is 2.76. The molecule has 0 bridgehead atoms. The highest BCUT2D eigenvalue weighted by molar-refractivity contribution is 5.87. The summed E-state index contributed by atoms with van der Waals surface area (Å²) in [6.07, 6.45) is 2.02. The third-order valence-corrected chi connectivity index (χ3v) is 4.81. The second-order valence-electron chi connectivity index (χ2n) is 6.70. The summed E-state index contributed by atoms with van der Waals surface area (Å²) in [4.78, 5) is 17.2. The lowest BCUT2D eigenvalue weighted by Crippen LogP contribution is -2.26. The van der Waals surface area contributed by atoms with Gasteiger partial charge in [0.1, 0.15) is 23.1 Å². The van der Waals surface area contributed by atoms with Crippen LogP contribution in [-0.2, 0) is 13.0 Å². The number of para-hydroxylation sites is 2. The topological polar surface area (TPSA) is 87.6 Å². The Balaban J connectivity index is 2.02. The maximum absolute atomic E-state index is 12.7. The molecule has 30 heavy (non-hydrogen) atoms. The third kappa shape index (κ3) is 4.41. The fourth-order valence-corrected chi connectivity index (χ4v) is 3.19. The lowest BCUT2D eigenvalue weighted by atomic mass is 10.1. The van der Waals surface area contributed by atoms with Gasteiger partial charge in [-0.05, 0) is 43.5 Å². The van der Waals surface area contributed by atoms with Crippen molar-refractivity contribution in [2.45, 2.75) is 26.8 Å². The van der Waals surface area contributed by atoms with Crippen LogP contribution in [0.3, 0.4) is 0 Å². The Morgan fingerprint density at radius 1 is 1.17 bits per heavy atom. The average molecular weight is 401 g/mol. The first kappa shape index (κ1) is 20.9. The zero-order valence-corrected chi connectivity index (χ0v) is 17.0. The monoisotopic (exact) mass is 401 g/mol. The molecule has 0 spiro atoms. The molecule has 0 amide bonds. The van der Waals surface area contributed by atoms with E-state index in [1.165, 1.54) is 10.8 Å². The molecular weight excluding hydrogens is 378 g/mol. The summed E-state index contributed by atoms with van der Waals surface area (Å²) in [6.45, 7) is 4.27. The number of hydrogen-bond donors (Lipinski definition) is 1. The Hall–Kier alpha value is -3.85. The van der Waals surface area contributed by atoms with E-state index in [0.29, 0.717) is 35.6 Å². The van der Waals surface area contributed by atoms with Gasteiger partial charge in [-0.3, -0.25) is 14.4 Å². The van der Waals surface area contributed by atoms with E-state index in [9.17, 15) is 15.2 Å². The highest BCUT2D eigenvalue weighted by Gasteiger charge is 2.18. The van der Waals surface area contributed by atoms with E-state index >= 15 is 0 Å². The van der Waals surface area contributed by atoms with Crippen molar-refractivity contribution in [3.8, 4) is 17.7 Å². The number of rotatable bonds is 7. The van der Waals surface area contributed by atoms with E-state index in [0.717, 1.165) is 5.56 Å². The molecule has 0 aliphatic heterocycles. The van der Waals surface area contributed by atoms with Gasteiger partial charge in [0.05, 0.1) is 12.2 Å². The maximum Gasteiger partial charge on any atom is 0.271 e. The fourth-order valence-electron chi connectivity index (χ4n) is 3.19. The smallest absolute Gasteiger partial charge is 0.271 e. The van der Waals surface area contributed by atoms with Gasteiger partial charge in [0.25, 0.3) is 5.56 Å². The Morgan fingerprint density at radius 2 is 1.87 bits per heavy atom. The van der Waals surface area contributed by atoms with E-state index in [4.69, 9.17) is 4.74 Å². The molecule has 0 saturated carbocycles. The minimum Gasteiger partial charge on any atom is -0.494 e. The highest BCUT2D eigenvalue weighted by atomic mass is 16.5. The predicted molar refractivity (Wildman–Crippen MR) is 117 cm³/mol. The number of nitrogens with zero attached hydrogens (tertiary/aromatic N) is 3. The summed E-state index contributed by atoms with van der Waals surface area (Å²) in [5.41, 5.74) is 1.86. The van der Waals surface area contributed by atoms with E-state index in [2.05, 4.69) is 4.99 Å². The van der Waals surface area contributed by atoms with E-state index in [-0.39, 0.29) is 18.0 Å². The van der Waals surface area contributed by atoms with Crippen molar-refractivity contribution in [3.05, 3.63) is 87.2 Å². The zero-order valence-electron chi connectivity index (χ0n) is 17.0. The summed E-state index contributed by atoms with van der Waals surface area (Å²) >= 11 is 0. The van der Waals surface area contributed by atoms with Crippen LogP contribution in [0, 0.1) is 18.3 Å². The molecule has 0 saturated heterocycles. The van der Waals surface area contributed by atoms with Gasteiger partial charge in [-0.15, -0.1) is 0 Å². The van der Waals surface area contributed by atoms with Crippen LogP contribution in [0.1, 0.15) is 29.2 Å². The summed E-state index contributed by atoms with van der Waals surface area (Å²) in [6, 6.07) is 18.9. The zero-order chi connectivity index (χ0) is 21.5. The quantitative estimate of drug-likeness (QED) is 0.603. The van der Waals surface area contributed by atoms with Gasteiger partial charge in [-0.2, -0.15) is 5.26 Å². The van der Waals surface area contributed by atoms with E-state index in [1.807, 2.05) is 61.5 Å². The summed E-state index contributed by atoms with van der Waals surface area (Å²) in [5.74, 6) is 0.413. The van der Waals surface area contributed by atoms with Gasteiger partial charge in [-0.25, -0.2) is 0 Å². The van der Waals surface area contributed by atoms with Crippen molar-refractivity contribution in [2.24, 2.45) is 4.99 Å². The maximum atomic E-state index is 12.7. The Morgan fingerprint density at radius 3 is 2.57 bits per heavy atom. The number of nitriles is 1. The molecular formula is C24H23N3O3. The molecule has 6 heteroatoms. The second-order valence-corrected chi connectivity index (χ2v) is 6.70. The van der Waals surface area contributed by atoms with Crippen molar-refractivity contribution in [1.82, 2.24) is 4.57 Å². The number of aryl methyl sites for hydroxylation is 1. The Bertz CT molecular complexity index is 1160. The van der Waals surface area contributed by atoms with Gasteiger partial charge in [0.15, 0.2) is 0 Å². The van der Waals surface area contributed by atoms with Crippen LogP contribution in [0.4, 0.5) is 5.69 Å². The van der Waals surface area contributed by atoms with Gasteiger partial charge >= 0.3 is 0 Å². The van der Waals surface area contributed by atoms with E-state index < -0.39 is 5.56 Å². The van der Waals surface area contributed by atoms with Gasteiger partial charge in [0.2, 0.25) is 5.88 Å². The Labute approximate surface area is 175 Å². The second kappa shape index (κ2) is 9.57. The number of pyridine rings is 1. The first-order valence-electron chi connectivity index (χ1n) is 9.73. The van der Waals surface area contributed by atoms with Crippen molar-refractivity contribution >= 4 is 11.9 Å². The van der Waals surface area contributed by atoms with Crippen LogP contribution in [0.2, 0.25) is 0 Å². The molecule has 2 aromatic carbocycles. The van der Waals surface area contributed by atoms with Crippen LogP contribution in [0.5, 0.6) is 11.6 Å². The third-order valence-electron chi connectivity index (χ3n) is 4.81. The van der Waals surface area contributed by atoms with Crippen LogP contribution >= 0.6 is 0 Å². The minimum atomic E-state index is -0.504. The first-order chi connectivity index (χ1) is 14.6. The Kier molecular flexibility index (Phi) is 6.66. The van der Waals surface area contributed by atoms with Crippen LogP contribution in [0.25, 0.3) is 0 Å². The number of ether oxygens (including phenoxy) is 1. The number of hydrogen-bond acceptors (Lipinski definition) is 5. The first-order valence-corrected chi connectivity index (χ1v) is 9.73. The van der Waals surface area contributed by atoms with Crippen LogP contribution in [-0.4, -0.2) is 22.5 Å². The van der Waals surface area contributed by atoms with Gasteiger partial charge in [-0.1, -0.05) is 42.5 Å². The molecule has 0 fully saturated rings. The standard InChI is InChI=1S/C24H23N3O3/c1-3-30-22-12-8-7-11-21(22)26-16-20-17(2)19(15-25)23(28)27(24(20)29)14-13-18-9-5-4-6-10-18/h4-12,16,29H,3,13-14H2,1-2H3. The predicted octanol–water partition coefficient (Wildman–Crippen LogP) is 4.13.